The van der Waals surface area contributed by atoms with Crippen LogP contribution >= 0.6 is 15.9 Å². The van der Waals surface area contributed by atoms with Crippen LogP contribution in [0.15, 0.2) is 28.7 Å². The Balaban J connectivity index is 1.95. The van der Waals surface area contributed by atoms with Gasteiger partial charge in [0.15, 0.2) is 0 Å². The Kier molecular flexibility index (Phi) is 4.78. The fourth-order valence-corrected chi connectivity index (χ4v) is 2.44. The second-order valence-corrected chi connectivity index (χ2v) is 5.96. The van der Waals surface area contributed by atoms with Crippen molar-refractivity contribution in [2.75, 3.05) is 26.4 Å². The lowest BCUT2D eigenvalue weighted by Gasteiger charge is -2.41. The smallest absolute Gasteiger partial charge is 0.0579 e. The van der Waals surface area contributed by atoms with E-state index in [4.69, 9.17) is 4.74 Å². The highest BCUT2D eigenvalue weighted by Gasteiger charge is 2.38. The molecule has 0 radical (unpaired) electrons. The van der Waals surface area contributed by atoms with Crippen LogP contribution in [0.3, 0.4) is 0 Å². The number of benzene rings is 1. The van der Waals surface area contributed by atoms with Crippen molar-refractivity contribution in [3.8, 4) is 0 Å². The summed E-state index contributed by atoms with van der Waals surface area (Å²) in [7, 11) is 0. The first-order valence-corrected chi connectivity index (χ1v) is 7.16. The van der Waals surface area contributed by atoms with E-state index in [1.54, 1.807) is 0 Å². The first kappa shape index (κ1) is 14.0. The van der Waals surface area contributed by atoms with Crippen molar-refractivity contribution >= 4 is 15.9 Å². The van der Waals surface area contributed by atoms with Gasteiger partial charge in [-0.2, -0.15) is 0 Å². The third-order valence-corrected chi connectivity index (χ3v) is 4.08. The van der Waals surface area contributed by atoms with Crippen molar-refractivity contribution < 1.29 is 9.84 Å². The van der Waals surface area contributed by atoms with Gasteiger partial charge in [0, 0.05) is 17.1 Å². The molecule has 100 valence electrons. The number of aliphatic hydroxyl groups is 1. The minimum atomic E-state index is -0.0667. The standard InChI is InChI=1S/C14H20BrNO2/c1-2-13(11-3-5-12(15)6-4-11)16-7-14(8-17)9-18-10-14/h3-6,13,16-17H,2,7-10H2,1H3. The molecule has 2 N–H and O–H groups in total. The lowest BCUT2D eigenvalue weighted by molar-refractivity contribution is -0.135. The van der Waals surface area contributed by atoms with E-state index in [0.29, 0.717) is 19.3 Å². The van der Waals surface area contributed by atoms with Crippen LogP contribution in [0, 0.1) is 5.41 Å². The molecule has 0 aromatic heterocycles. The lowest BCUT2D eigenvalue weighted by atomic mass is 9.86. The maximum absolute atomic E-state index is 9.40. The number of hydrogen-bond donors (Lipinski definition) is 2. The van der Waals surface area contributed by atoms with Crippen LogP contribution in [-0.4, -0.2) is 31.5 Å². The summed E-state index contributed by atoms with van der Waals surface area (Å²) >= 11 is 3.45. The molecule has 1 aromatic rings. The molecular weight excluding hydrogens is 294 g/mol. The van der Waals surface area contributed by atoms with Crippen molar-refractivity contribution in [3.63, 3.8) is 0 Å². The van der Waals surface area contributed by atoms with Crippen LogP contribution in [-0.2, 0) is 4.74 Å². The second-order valence-electron chi connectivity index (χ2n) is 5.04. The Labute approximate surface area is 117 Å². The molecule has 0 spiro atoms. The molecule has 1 aromatic carbocycles. The Morgan fingerprint density at radius 2 is 2.06 bits per heavy atom. The van der Waals surface area contributed by atoms with Gasteiger partial charge in [-0.1, -0.05) is 35.0 Å². The van der Waals surface area contributed by atoms with E-state index in [9.17, 15) is 5.11 Å². The molecule has 0 aliphatic carbocycles. The molecule has 1 atom stereocenters. The fraction of sp³-hybridized carbons (Fsp3) is 0.571. The van der Waals surface area contributed by atoms with Crippen LogP contribution < -0.4 is 5.32 Å². The Morgan fingerprint density at radius 1 is 1.39 bits per heavy atom. The summed E-state index contributed by atoms with van der Waals surface area (Å²) in [4.78, 5) is 0. The molecule has 1 heterocycles. The zero-order valence-corrected chi connectivity index (χ0v) is 12.2. The van der Waals surface area contributed by atoms with Gasteiger partial charge in [0.2, 0.25) is 0 Å². The van der Waals surface area contributed by atoms with Crippen LogP contribution in [0.4, 0.5) is 0 Å². The highest BCUT2D eigenvalue weighted by Crippen LogP contribution is 2.27. The van der Waals surface area contributed by atoms with Crippen LogP contribution in [0.1, 0.15) is 24.9 Å². The molecule has 1 unspecified atom stereocenters. The third kappa shape index (κ3) is 3.12. The number of aliphatic hydroxyl groups excluding tert-OH is 1. The number of halogens is 1. The second kappa shape index (κ2) is 6.15. The zero-order chi connectivity index (χ0) is 13.0. The van der Waals surface area contributed by atoms with Gasteiger partial charge in [0.25, 0.3) is 0 Å². The minimum absolute atomic E-state index is 0.0667. The molecule has 0 saturated carbocycles. The summed E-state index contributed by atoms with van der Waals surface area (Å²) in [5.41, 5.74) is 1.22. The van der Waals surface area contributed by atoms with E-state index < -0.39 is 0 Å². The summed E-state index contributed by atoms with van der Waals surface area (Å²) < 4.78 is 6.31. The van der Waals surface area contributed by atoms with Gasteiger partial charge in [-0.3, -0.25) is 0 Å². The molecule has 1 fully saturated rings. The molecular formula is C14H20BrNO2. The average molecular weight is 314 g/mol. The number of ether oxygens (including phenoxy) is 1. The van der Waals surface area contributed by atoms with E-state index in [-0.39, 0.29) is 12.0 Å². The molecule has 2 rings (SSSR count). The van der Waals surface area contributed by atoms with Gasteiger partial charge >= 0.3 is 0 Å². The maximum atomic E-state index is 9.40. The number of hydrogen-bond acceptors (Lipinski definition) is 3. The monoisotopic (exact) mass is 313 g/mol. The average Bonchev–Trinajstić information content (AvgIpc) is 2.35. The quantitative estimate of drug-likeness (QED) is 0.848. The topological polar surface area (TPSA) is 41.5 Å². The largest absolute Gasteiger partial charge is 0.396 e. The normalized spacial score (nSPS) is 19.3. The first-order valence-electron chi connectivity index (χ1n) is 6.36. The van der Waals surface area contributed by atoms with E-state index in [1.807, 2.05) is 0 Å². The molecule has 4 heteroatoms. The Morgan fingerprint density at radius 3 is 2.50 bits per heavy atom. The van der Waals surface area contributed by atoms with E-state index in [1.165, 1.54) is 5.56 Å². The number of rotatable bonds is 6. The van der Waals surface area contributed by atoms with E-state index in [2.05, 4.69) is 52.4 Å². The van der Waals surface area contributed by atoms with Gasteiger partial charge in [-0.25, -0.2) is 0 Å². The van der Waals surface area contributed by atoms with Crippen LogP contribution in [0.5, 0.6) is 0 Å². The third-order valence-electron chi connectivity index (χ3n) is 3.56. The van der Waals surface area contributed by atoms with Crippen molar-refractivity contribution in [3.05, 3.63) is 34.3 Å². The Hall–Kier alpha value is -0.420. The van der Waals surface area contributed by atoms with Crippen molar-refractivity contribution in [1.29, 1.82) is 0 Å². The van der Waals surface area contributed by atoms with Crippen LogP contribution in [0.25, 0.3) is 0 Å². The van der Waals surface area contributed by atoms with Crippen LogP contribution in [0.2, 0.25) is 0 Å². The predicted molar refractivity (Wildman–Crippen MR) is 75.5 cm³/mol. The SMILES string of the molecule is CCC(NCC1(CO)COC1)c1ccc(Br)cc1. The highest BCUT2D eigenvalue weighted by atomic mass is 79.9. The van der Waals surface area contributed by atoms with Gasteiger partial charge in [-0.15, -0.1) is 0 Å². The summed E-state index contributed by atoms with van der Waals surface area (Å²) in [6, 6.07) is 8.73. The molecule has 0 amide bonds. The van der Waals surface area contributed by atoms with Gasteiger partial charge in [0.05, 0.1) is 25.2 Å². The van der Waals surface area contributed by atoms with Gasteiger partial charge in [-0.05, 0) is 24.1 Å². The van der Waals surface area contributed by atoms with E-state index in [0.717, 1.165) is 17.4 Å². The molecule has 1 aliphatic rings. The zero-order valence-electron chi connectivity index (χ0n) is 10.7. The summed E-state index contributed by atoms with van der Waals surface area (Å²) in [5.74, 6) is 0. The predicted octanol–water partition coefficient (Wildman–Crippen LogP) is 2.50. The lowest BCUT2D eigenvalue weighted by Crippen LogP contribution is -2.52. The van der Waals surface area contributed by atoms with Crippen molar-refractivity contribution in [2.24, 2.45) is 5.41 Å². The molecule has 0 bridgehead atoms. The first-order chi connectivity index (χ1) is 8.69. The molecule has 1 saturated heterocycles. The summed E-state index contributed by atoms with van der Waals surface area (Å²) in [5, 5.41) is 12.9. The van der Waals surface area contributed by atoms with Gasteiger partial charge in [0.1, 0.15) is 0 Å². The molecule has 18 heavy (non-hydrogen) atoms. The summed E-state index contributed by atoms with van der Waals surface area (Å²) in [6.07, 6.45) is 1.03. The highest BCUT2D eigenvalue weighted by molar-refractivity contribution is 9.10. The van der Waals surface area contributed by atoms with Gasteiger partial charge < -0.3 is 15.2 Å². The number of nitrogens with one attached hydrogen (secondary N) is 1. The molecule has 1 aliphatic heterocycles. The minimum Gasteiger partial charge on any atom is -0.396 e. The summed E-state index contributed by atoms with van der Waals surface area (Å²) in [6.45, 7) is 4.48. The van der Waals surface area contributed by atoms with E-state index >= 15 is 0 Å². The van der Waals surface area contributed by atoms with Crippen molar-refractivity contribution in [2.45, 2.75) is 19.4 Å². The fourth-order valence-electron chi connectivity index (χ4n) is 2.17. The molecule has 3 nitrogen and oxygen atoms in total. The Bertz CT molecular complexity index is 370. The van der Waals surface area contributed by atoms with Crippen molar-refractivity contribution in [1.82, 2.24) is 5.32 Å². The maximum Gasteiger partial charge on any atom is 0.0579 e.